The van der Waals surface area contributed by atoms with Gasteiger partial charge in [0.15, 0.2) is 0 Å². The number of carbonyl (C=O) groups excluding carboxylic acids is 1. The summed E-state index contributed by atoms with van der Waals surface area (Å²) in [5.74, 6) is 0.215. The first-order chi connectivity index (χ1) is 8.32. The summed E-state index contributed by atoms with van der Waals surface area (Å²) in [4.78, 5) is 11.9. The molecular weight excluding hydrogens is 294 g/mol. The molecule has 0 spiro atoms. The quantitative estimate of drug-likeness (QED) is 0.878. The highest BCUT2D eigenvalue weighted by molar-refractivity contribution is 9.10. The largest absolute Gasteiger partial charge is 0.388 e. The summed E-state index contributed by atoms with van der Waals surface area (Å²) in [6, 6.07) is 7.24. The van der Waals surface area contributed by atoms with E-state index in [4.69, 9.17) is 0 Å². The maximum Gasteiger partial charge on any atom is 0.252 e. The predicted octanol–water partition coefficient (Wildman–Crippen LogP) is 2.98. The molecule has 3 nitrogen and oxygen atoms in total. The van der Waals surface area contributed by atoms with E-state index in [9.17, 15) is 9.90 Å². The summed E-state index contributed by atoms with van der Waals surface area (Å²) < 4.78 is 0.756. The normalized spacial score (nSPS) is 14.3. The van der Waals surface area contributed by atoms with Crippen molar-refractivity contribution < 1.29 is 9.90 Å². The Hall–Kier alpha value is -0.870. The van der Waals surface area contributed by atoms with Crippen molar-refractivity contribution in [3.8, 4) is 0 Å². The fraction of sp³-hybridized carbons (Fsp3) is 0.500. The van der Waals surface area contributed by atoms with Crippen LogP contribution in [-0.4, -0.2) is 23.2 Å². The van der Waals surface area contributed by atoms with E-state index in [2.05, 4.69) is 21.2 Å². The lowest BCUT2D eigenvalue weighted by atomic mass is 9.94. The molecule has 0 bridgehead atoms. The molecule has 0 saturated heterocycles. The molecule has 4 heteroatoms. The Morgan fingerprint density at radius 2 is 2.06 bits per heavy atom. The number of nitrogens with one attached hydrogen (secondary N) is 1. The van der Waals surface area contributed by atoms with Crippen LogP contribution < -0.4 is 5.32 Å². The monoisotopic (exact) mass is 313 g/mol. The molecule has 1 rings (SSSR count). The van der Waals surface area contributed by atoms with Crippen LogP contribution in [-0.2, 0) is 0 Å². The molecule has 1 unspecified atom stereocenters. The van der Waals surface area contributed by atoms with Crippen molar-refractivity contribution in [1.82, 2.24) is 5.32 Å². The van der Waals surface area contributed by atoms with Crippen LogP contribution in [0.2, 0.25) is 0 Å². The average Bonchev–Trinajstić information content (AvgIpc) is 2.25. The third-order valence-corrected chi connectivity index (χ3v) is 3.29. The Kier molecular flexibility index (Phi) is 5.35. The molecule has 0 aromatic heterocycles. The number of carbonyl (C=O) groups is 1. The number of halogens is 1. The Bertz CT molecular complexity index is 416. The smallest absolute Gasteiger partial charge is 0.252 e. The Balaban J connectivity index is 2.59. The molecule has 0 saturated carbocycles. The maximum absolute atomic E-state index is 11.9. The number of benzene rings is 1. The Morgan fingerprint density at radius 1 is 1.44 bits per heavy atom. The van der Waals surface area contributed by atoms with Gasteiger partial charge in [-0.1, -0.05) is 26.0 Å². The minimum Gasteiger partial charge on any atom is -0.388 e. The number of hydrogen-bond donors (Lipinski definition) is 2. The van der Waals surface area contributed by atoms with E-state index < -0.39 is 5.60 Å². The molecule has 1 amide bonds. The van der Waals surface area contributed by atoms with Gasteiger partial charge in [-0.15, -0.1) is 0 Å². The van der Waals surface area contributed by atoms with E-state index in [1.807, 2.05) is 32.0 Å². The summed E-state index contributed by atoms with van der Waals surface area (Å²) in [5, 5.41) is 12.9. The molecule has 18 heavy (non-hydrogen) atoms. The number of aliphatic hydroxyl groups is 1. The van der Waals surface area contributed by atoms with Gasteiger partial charge in [0.1, 0.15) is 0 Å². The summed E-state index contributed by atoms with van der Waals surface area (Å²) in [7, 11) is 0. The van der Waals surface area contributed by atoms with Gasteiger partial charge in [-0.25, -0.2) is 0 Å². The lowest BCUT2D eigenvalue weighted by molar-refractivity contribution is 0.0368. The zero-order chi connectivity index (χ0) is 13.8. The molecular formula is C14H20BrNO2. The minimum absolute atomic E-state index is 0.175. The van der Waals surface area contributed by atoms with Gasteiger partial charge < -0.3 is 10.4 Å². The highest BCUT2D eigenvalue weighted by Crippen LogP contribution is 2.17. The zero-order valence-electron chi connectivity index (χ0n) is 11.0. The van der Waals surface area contributed by atoms with Crippen LogP contribution in [0, 0.1) is 5.92 Å². The molecule has 1 aromatic carbocycles. The molecule has 0 aliphatic rings. The topological polar surface area (TPSA) is 49.3 Å². The number of amides is 1. The van der Waals surface area contributed by atoms with E-state index in [1.54, 1.807) is 13.0 Å². The summed E-state index contributed by atoms with van der Waals surface area (Å²) in [6.45, 7) is 6.09. The fourth-order valence-electron chi connectivity index (χ4n) is 1.96. The van der Waals surface area contributed by atoms with Crippen molar-refractivity contribution in [1.29, 1.82) is 0 Å². The molecule has 2 N–H and O–H groups in total. The first-order valence-electron chi connectivity index (χ1n) is 6.07. The van der Waals surface area contributed by atoms with Crippen molar-refractivity contribution >= 4 is 21.8 Å². The molecule has 0 aliphatic heterocycles. The summed E-state index contributed by atoms with van der Waals surface area (Å²) in [6.07, 6.45) is 0.656. The fourth-order valence-corrected chi connectivity index (χ4v) is 2.43. The van der Waals surface area contributed by atoms with Crippen LogP contribution in [0.3, 0.4) is 0 Å². The van der Waals surface area contributed by atoms with Gasteiger partial charge in [-0.05, 0) is 47.3 Å². The second-order valence-corrected chi connectivity index (χ2v) is 6.11. The van der Waals surface area contributed by atoms with Gasteiger partial charge in [-0.3, -0.25) is 4.79 Å². The highest BCUT2D eigenvalue weighted by atomic mass is 79.9. The second-order valence-electron chi connectivity index (χ2n) is 5.26. The number of rotatable bonds is 5. The first-order valence-corrected chi connectivity index (χ1v) is 6.86. The van der Waals surface area contributed by atoms with Gasteiger partial charge in [0.2, 0.25) is 0 Å². The molecule has 1 atom stereocenters. The summed E-state index contributed by atoms with van der Waals surface area (Å²) in [5.41, 5.74) is -0.289. The molecule has 100 valence electrons. The molecule has 0 heterocycles. The molecule has 0 radical (unpaired) electrons. The van der Waals surface area contributed by atoms with Crippen molar-refractivity contribution in [3.05, 3.63) is 34.3 Å². The van der Waals surface area contributed by atoms with Crippen molar-refractivity contribution in [2.24, 2.45) is 5.92 Å². The SMILES string of the molecule is CC(C)CC(C)(O)CNC(=O)c1ccccc1Br. The average molecular weight is 314 g/mol. The molecule has 0 fully saturated rings. The number of hydrogen-bond acceptors (Lipinski definition) is 2. The van der Waals surface area contributed by atoms with Crippen LogP contribution in [0.4, 0.5) is 0 Å². The van der Waals surface area contributed by atoms with Crippen LogP contribution in [0.1, 0.15) is 37.6 Å². The summed E-state index contributed by atoms with van der Waals surface area (Å²) >= 11 is 3.33. The first kappa shape index (κ1) is 15.2. The lowest BCUT2D eigenvalue weighted by Crippen LogP contribution is -2.41. The highest BCUT2D eigenvalue weighted by Gasteiger charge is 2.23. The third kappa shape index (κ3) is 4.78. The van der Waals surface area contributed by atoms with Gasteiger partial charge >= 0.3 is 0 Å². The van der Waals surface area contributed by atoms with E-state index in [0.29, 0.717) is 17.9 Å². The van der Waals surface area contributed by atoms with Crippen molar-refractivity contribution in [2.75, 3.05) is 6.54 Å². The molecule has 1 aromatic rings. The van der Waals surface area contributed by atoms with Crippen LogP contribution in [0.25, 0.3) is 0 Å². The Labute approximate surface area is 117 Å². The standard InChI is InChI=1S/C14H20BrNO2/c1-10(2)8-14(3,18)9-16-13(17)11-6-4-5-7-12(11)15/h4-7,10,18H,8-9H2,1-3H3,(H,16,17). The van der Waals surface area contributed by atoms with Gasteiger partial charge in [0.05, 0.1) is 11.2 Å². The van der Waals surface area contributed by atoms with Gasteiger partial charge in [0.25, 0.3) is 5.91 Å². The van der Waals surface area contributed by atoms with Crippen LogP contribution >= 0.6 is 15.9 Å². The van der Waals surface area contributed by atoms with E-state index in [0.717, 1.165) is 4.47 Å². The van der Waals surface area contributed by atoms with Crippen LogP contribution in [0.15, 0.2) is 28.7 Å². The van der Waals surface area contributed by atoms with Crippen LogP contribution in [0.5, 0.6) is 0 Å². The predicted molar refractivity (Wildman–Crippen MR) is 76.6 cm³/mol. The Morgan fingerprint density at radius 3 is 2.61 bits per heavy atom. The molecule has 0 aliphatic carbocycles. The van der Waals surface area contributed by atoms with Crippen molar-refractivity contribution in [2.45, 2.75) is 32.8 Å². The second kappa shape index (κ2) is 6.34. The van der Waals surface area contributed by atoms with Crippen molar-refractivity contribution in [3.63, 3.8) is 0 Å². The van der Waals surface area contributed by atoms with E-state index >= 15 is 0 Å². The van der Waals surface area contributed by atoms with E-state index in [1.165, 1.54) is 0 Å². The third-order valence-electron chi connectivity index (χ3n) is 2.60. The zero-order valence-corrected chi connectivity index (χ0v) is 12.6. The van der Waals surface area contributed by atoms with Gasteiger partial charge in [-0.2, -0.15) is 0 Å². The maximum atomic E-state index is 11.9. The lowest BCUT2D eigenvalue weighted by Gasteiger charge is -2.25. The van der Waals surface area contributed by atoms with Gasteiger partial charge in [0, 0.05) is 11.0 Å². The minimum atomic E-state index is -0.870. The van der Waals surface area contributed by atoms with E-state index in [-0.39, 0.29) is 12.5 Å².